The summed E-state index contributed by atoms with van der Waals surface area (Å²) < 4.78 is 4.88. The molecule has 0 bridgehead atoms. The molecular formula is C5H8O3. The van der Waals surface area contributed by atoms with Gasteiger partial charge < -0.3 is 14.9 Å². The second-order valence-corrected chi connectivity index (χ2v) is 2.44. The maximum atomic E-state index is 8.92. The van der Waals surface area contributed by atoms with Crippen LogP contribution < -0.4 is 0 Å². The van der Waals surface area contributed by atoms with Gasteiger partial charge in [0.2, 0.25) is 0 Å². The van der Waals surface area contributed by atoms with Crippen LogP contribution in [0, 0.1) is 0 Å². The van der Waals surface area contributed by atoms with Crippen molar-refractivity contribution in [2.75, 3.05) is 0 Å². The smallest absolute Gasteiger partial charge is 0.113 e. The quantitative estimate of drug-likeness (QED) is 0.394. The highest BCUT2D eigenvalue weighted by Crippen LogP contribution is 2.38. The molecule has 3 nitrogen and oxygen atoms in total. The van der Waals surface area contributed by atoms with Crippen molar-refractivity contribution in [2.45, 2.75) is 30.8 Å². The third-order valence-corrected chi connectivity index (χ3v) is 1.80. The third-order valence-electron chi connectivity index (χ3n) is 1.80. The van der Waals surface area contributed by atoms with E-state index in [1.54, 1.807) is 0 Å². The summed E-state index contributed by atoms with van der Waals surface area (Å²) in [5, 5.41) is 17.8. The van der Waals surface area contributed by atoms with Crippen molar-refractivity contribution in [1.82, 2.24) is 0 Å². The SMILES string of the molecule is OC1CC(O)C2OC12. The highest BCUT2D eigenvalue weighted by molar-refractivity contribution is 5.03. The number of hydrogen-bond donors (Lipinski definition) is 2. The molecule has 1 aliphatic carbocycles. The lowest BCUT2D eigenvalue weighted by Gasteiger charge is -2.03. The van der Waals surface area contributed by atoms with E-state index in [1.165, 1.54) is 0 Å². The zero-order valence-corrected chi connectivity index (χ0v) is 4.32. The number of hydrogen-bond acceptors (Lipinski definition) is 3. The molecule has 1 heterocycles. The first-order valence-electron chi connectivity index (χ1n) is 2.80. The molecule has 2 fully saturated rings. The summed E-state index contributed by atoms with van der Waals surface area (Å²) in [5.41, 5.74) is 0. The van der Waals surface area contributed by atoms with Crippen LogP contribution in [0.3, 0.4) is 0 Å². The van der Waals surface area contributed by atoms with Gasteiger partial charge in [-0.05, 0) is 0 Å². The Bertz CT molecular complexity index is 98.2. The van der Waals surface area contributed by atoms with Crippen molar-refractivity contribution in [1.29, 1.82) is 0 Å². The summed E-state index contributed by atoms with van der Waals surface area (Å²) in [7, 11) is 0. The molecule has 1 saturated heterocycles. The van der Waals surface area contributed by atoms with Crippen LogP contribution in [0.15, 0.2) is 0 Å². The standard InChI is InChI=1S/C5H8O3/c6-2-1-3(7)5-4(2)8-5/h2-7H,1H2. The van der Waals surface area contributed by atoms with Gasteiger partial charge in [-0.3, -0.25) is 0 Å². The molecule has 4 unspecified atom stereocenters. The lowest BCUT2D eigenvalue weighted by atomic mass is 10.3. The number of ether oxygens (including phenoxy) is 1. The molecule has 1 saturated carbocycles. The van der Waals surface area contributed by atoms with Crippen LogP contribution in [0.2, 0.25) is 0 Å². The Labute approximate surface area is 46.9 Å². The van der Waals surface area contributed by atoms with E-state index < -0.39 is 12.2 Å². The summed E-state index contributed by atoms with van der Waals surface area (Å²) in [5.74, 6) is 0. The van der Waals surface area contributed by atoms with Crippen molar-refractivity contribution in [2.24, 2.45) is 0 Å². The second kappa shape index (κ2) is 1.23. The van der Waals surface area contributed by atoms with Gasteiger partial charge in [0.25, 0.3) is 0 Å². The van der Waals surface area contributed by atoms with E-state index in [1.807, 2.05) is 0 Å². The molecule has 0 aromatic heterocycles. The molecule has 0 radical (unpaired) electrons. The van der Waals surface area contributed by atoms with Gasteiger partial charge in [-0.25, -0.2) is 0 Å². The summed E-state index contributed by atoms with van der Waals surface area (Å²) in [4.78, 5) is 0. The molecule has 2 aliphatic rings. The van der Waals surface area contributed by atoms with Gasteiger partial charge in [0, 0.05) is 6.42 Å². The zero-order valence-electron chi connectivity index (χ0n) is 4.32. The van der Waals surface area contributed by atoms with Crippen molar-refractivity contribution < 1.29 is 14.9 Å². The zero-order chi connectivity index (χ0) is 5.72. The van der Waals surface area contributed by atoms with E-state index in [2.05, 4.69) is 0 Å². The van der Waals surface area contributed by atoms with Gasteiger partial charge in [-0.2, -0.15) is 0 Å². The van der Waals surface area contributed by atoms with Crippen molar-refractivity contribution in [3.05, 3.63) is 0 Å². The molecular weight excluding hydrogens is 108 g/mol. The Morgan fingerprint density at radius 3 is 1.75 bits per heavy atom. The number of aliphatic hydroxyl groups is 2. The van der Waals surface area contributed by atoms with Crippen LogP contribution in [0.25, 0.3) is 0 Å². The number of fused-ring (bicyclic) bond motifs is 1. The lowest BCUT2D eigenvalue weighted by molar-refractivity contribution is 0.0512. The molecule has 2 rings (SSSR count). The Hall–Kier alpha value is -0.120. The first-order valence-corrected chi connectivity index (χ1v) is 2.80. The van der Waals surface area contributed by atoms with E-state index in [0.29, 0.717) is 6.42 Å². The molecule has 2 N–H and O–H groups in total. The lowest BCUT2D eigenvalue weighted by Crippen LogP contribution is -2.13. The van der Waals surface area contributed by atoms with Gasteiger partial charge in [0.1, 0.15) is 12.2 Å². The number of epoxide rings is 1. The maximum absolute atomic E-state index is 8.92. The second-order valence-electron chi connectivity index (χ2n) is 2.44. The molecule has 1 aliphatic heterocycles. The topological polar surface area (TPSA) is 53.0 Å². The summed E-state index contributed by atoms with van der Waals surface area (Å²) in [6.07, 6.45) is -0.394. The Morgan fingerprint density at radius 2 is 1.62 bits per heavy atom. The average molecular weight is 116 g/mol. The molecule has 3 heteroatoms. The van der Waals surface area contributed by atoms with Gasteiger partial charge in [0.15, 0.2) is 0 Å². The molecule has 8 heavy (non-hydrogen) atoms. The van der Waals surface area contributed by atoms with Gasteiger partial charge in [0.05, 0.1) is 12.2 Å². The Balaban J connectivity index is 2.09. The molecule has 46 valence electrons. The fourth-order valence-electron chi connectivity index (χ4n) is 1.27. The van der Waals surface area contributed by atoms with E-state index in [9.17, 15) is 0 Å². The Morgan fingerprint density at radius 1 is 1.12 bits per heavy atom. The van der Waals surface area contributed by atoms with Crippen LogP contribution in [0.4, 0.5) is 0 Å². The van der Waals surface area contributed by atoms with Crippen LogP contribution in [-0.2, 0) is 4.74 Å². The fourth-order valence-corrected chi connectivity index (χ4v) is 1.27. The highest BCUT2D eigenvalue weighted by Gasteiger charge is 2.55. The van der Waals surface area contributed by atoms with Gasteiger partial charge >= 0.3 is 0 Å². The predicted octanol–water partition coefficient (Wildman–Crippen LogP) is -1.12. The first kappa shape index (κ1) is 4.73. The first-order chi connectivity index (χ1) is 3.79. The van der Waals surface area contributed by atoms with E-state index >= 15 is 0 Å². The molecule has 0 spiro atoms. The number of aliphatic hydroxyl groups excluding tert-OH is 2. The molecule has 0 aromatic carbocycles. The minimum absolute atomic E-state index is 0.0370. The molecule has 0 amide bonds. The van der Waals surface area contributed by atoms with Crippen molar-refractivity contribution in [3.8, 4) is 0 Å². The van der Waals surface area contributed by atoms with Crippen LogP contribution >= 0.6 is 0 Å². The highest BCUT2D eigenvalue weighted by atomic mass is 16.6. The third kappa shape index (κ3) is 0.438. The predicted molar refractivity (Wildman–Crippen MR) is 25.3 cm³/mol. The average Bonchev–Trinajstić information content (AvgIpc) is 2.35. The van der Waals surface area contributed by atoms with Crippen LogP contribution in [-0.4, -0.2) is 34.6 Å². The van der Waals surface area contributed by atoms with Crippen LogP contribution in [0.1, 0.15) is 6.42 Å². The number of rotatable bonds is 0. The fraction of sp³-hybridized carbons (Fsp3) is 1.00. The summed E-state index contributed by atoms with van der Waals surface area (Å²) >= 11 is 0. The van der Waals surface area contributed by atoms with Crippen molar-refractivity contribution in [3.63, 3.8) is 0 Å². The molecule has 0 aromatic rings. The minimum Gasteiger partial charge on any atom is -0.390 e. The largest absolute Gasteiger partial charge is 0.390 e. The van der Waals surface area contributed by atoms with Gasteiger partial charge in [-0.15, -0.1) is 0 Å². The van der Waals surface area contributed by atoms with Crippen molar-refractivity contribution >= 4 is 0 Å². The minimum atomic E-state index is -0.407. The summed E-state index contributed by atoms with van der Waals surface area (Å²) in [6, 6.07) is 0. The van der Waals surface area contributed by atoms with Gasteiger partial charge in [-0.1, -0.05) is 0 Å². The van der Waals surface area contributed by atoms with E-state index in [-0.39, 0.29) is 12.2 Å². The summed E-state index contributed by atoms with van der Waals surface area (Å²) in [6.45, 7) is 0. The maximum Gasteiger partial charge on any atom is 0.113 e. The monoisotopic (exact) mass is 116 g/mol. The Kier molecular flexibility index (Phi) is 0.730. The van der Waals surface area contributed by atoms with E-state index in [0.717, 1.165) is 0 Å². The normalized spacial score (nSPS) is 60.8. The van der Waals surface area contributed by atoms with E-state index in [4.69, 9.17) is 14.9 Å². The molecule has 4 atom stereocenters. The van der Waals surface area contributed by atoms with Crippen LogP contribution in [0.5, 0.6) is 0 Å².